The van der Waals surface area contributed by atoms with Crippen molar-refractivity contribution < 1.29 is 18.3 Å². The first kappa shape index (κ1) is 17.2. The summed E-state index contributed by atoms with van der Waals surface area (Å²) in [5.41, 5.74) is 0.810. The molecule has 0 atom stereocenters. The number of rotatable bonds is 7. The van der Waals surface area contributed by atoms with Crippen molar-refractivity contribution in [3.8, 4) is 17.2 Å². The molecule has 2 aromatic carbocycles. The molecule has 0 amide bonds. The molecular formula is C18H15FN2O3S. The zero-order chi connectivity index (χ0) is 17.6. The maximum Gasteiger partial charge on any atom is 0.277 e. The molecule has 0 saturated carbocycles. The molecule has 25 heavy (non-hydrogen) atoms. The van der Waals surface area contributed by atoms with Crippen molar-refractivity contribution in [2.45, 2.75) is 12.1 Å². The maximum absolute atomic E-state index is 13.7. The minimum absolute atomic E-state index is 0.0707. The second kappa shape index (κ2) is 7.94. The van der Waals surface area contributed by atoms with E-state index in [1.807, 2.05) is 6.92 Å². The Kier molecular flexibility index (Phi) is 5.45. The van der Waals surface area contributed by atoms with Gasteiger partial charge in [0.15, 0.2) is 5.78 Å². The van der Waals surface area contributed by atoms with E-state index in [2.05, 4.69) is 10.2 Å². The Morgan fingerprint density at radius 2 is 1.92 bits per heavy atom. The average molecular weight is 358 g/mol. The Bertz CT molecular complexity index is 865. The summed E-state index contributed by atoms with van der Waals surface area (Å²) in [6.45, 7) is 2.47. The number of Topliss-reactive ketones (excluding diaryl/α,β-unsaturated/α-hetero) is 1. The van der Waals surface area contributed by atoms with E-state index in [1.54, 1.807) is 42.5 Å². The van der Waals surface area contributed by atoms with Crippen molar-refractivity contribution >= 4 is 17.5 Å². The Morgan fingerprint density at radius 1 is 1.16 bits per heavy atom. The predicted molar refractivity (Wildman–Crippen MR) is 92.4 cm³/mol. The van der Waals surface area contributed by atoms with Crippen molar-refractivity contribution in [1.82, 2.24) is 10.2 Å². The standard InChI is InChI=1S/C18H15FN2O3S/c1-2-23-13-9-7-12(8-10-13)16(22)11-25-18-21-20-17(24-18)14-5-3-4-6-15(14)19/h3-10H,2,11H2,1H3. The molecule has 1 aromatic heterocycles. The van der Waals surface area contributed by atoms with Gasteiger partial charge in [0.1, 0.15) is 11.6 Å². The second-order valence-corrected chi connectivity index (χ2v) is 5.95. The quantitative estimate of drug-likeness (QED) is 0.465. The van der Waals surface area contributed by atoms with Gasteiger partial charge in [-0.3, -0.25) is 4.79 Å². The summed E-state index contributed by atoms with van der Waals surface area (Å²) in [6.07, 6.45) is 0. The van der Waals surface area contributed by atoms with E-state index in [9.17, 15) is 9.18 Å². The smallest absolute Gasteiger partial charge is 0.277 e. The number of nitrogens with zero attached hydrogens (tertiary/aromatic N) is 2. The Morgan fingerprint density at radius 3 is 2.64 bits per heavy atom. The third-order valence-corrected chi connectivity index (χ3v) is 4.14. The number of hydrogen-bond acceptors (Lipinski definition) is 6. The topological polar surface area (TPSA) is 65.2 Å². The van der Waals surface area contributed by atoms with Crippen molar-refractivity contribution in [3.05, 3.63) is 59.9 Å². The van der Waals surface area contributed by atoms with Gasteiger partial charge in [-0.2, -0.15) is 0 Å². The first-order valence-electron chi connectivity index (χ1n) is 7.64. The fourth-order valence-corrected chi connectivity index (χ4v) is 2.78. The summed E-state index contributed by atoms with van der Waals surface area (Å²) in [5.74, 6) is 0.450. The lowest BCUT2D eigenvalue weighted by Gasteiger charge is -2.03. The Balaban J connectivity index is 1.62. The highest BCUT2D eigenvalue weighted by Gasteiger charge is 2.14. The van der Waals surface area contributed by atoms with Crippen LogP contribution in [0, 0.1) is 5.82 Å². The largest absolute Gasteiger partial charge is 0.494 e. The third-order valence-electron chi connectivity index (χ3n) is 3.32. The van der Waals surface area contributed by atoms with Crippen LogP contribution in [0.15, 0.2) is 58.2 Å². The fourth-order valence-electron chi connectivity index (χ4n) is 2.13. The first-order valence-corrected chi connectivity index (χ1v) is 8.63. The van der Waals surface area contributed by atoms with Crippen LogP contribution in [0.4, 0.5) is 4.39 Å². The molecule has 0 saturated heterocycles. The third kappa shape index (κ3) is 4.24. The number of ketones is 1. The van der Waals surface area contributed by atoms with E-state index < -0.39 is 5.82 Å². The summed E-state index contributed by atoms with van der Waals surface area (Å²) in [7, 11) is 0. The highest BCUT2D eigenvalue weighted by molar-refractivity contribution is 7.99. The van der Waals surface area contributed by atoms with Gasteiger partial charge in [0.05, 0.1) is 17.9 Å². The predicted octanol–water partition coefficient (Wildman–Crippen LogP) is 4.25. The molecule has 0 fully saturated rings. The monoisotopic (exact) mass is 358 g/mol. The minimum atomic E-state index is -0.437. The molecule has 0 unspecified atom stereocenters. The molecule has 1 heterocycles. The van der Waals surface area contributed by atoms with Gasteiger partial charge in [-0.25, -0.2) is 4.39 Å². The summed E-state index contributed by atoms with van der Waals surface area (Å²) in [5, 5.41) is 7.89. The molecule has 3 rings (SSSR count). The van der Waals surface area contributed by atoms with E-state index in [-0.39, 0.29) is 28.2 Å². The van der Waals surface area contributed by atoms with Crippen LogP contribution < -0.4 is 4.74 Å². The molecule has 0 aliphatic heterocycles. The molecule has 128 valence electrons. The summed E-state index contributed by atoms with van der Waals surface area (Å²) >= 11 is 1.12. The molecule has 0 aliphatic carbocycles. The number of benzene rings is 2. The van der Waals surface area contributed by atoms with Crippen LogP contribution in [0.5, 0.6) is 5.75 Å². The highest BCUT2D eigenvalue weighted by Crippen LogP contribution is 2.25. The van der Waals surface area contributed by atoms with E-state index in [0.29, 0.717) is 12.2 Å². The van der Waals surface area contributed by atoms with Crippen LogP contribution in [-0.2, 0) is 0 Å². The van der Waals surface area contributed by atoms with Gasteiger partial charge in [-0.05, 0) is 43.3 Å². The van der Waals surface area contributed by atoms with Crippen molar-refractivity contribution in [2.24, 2.45) is 0 Å². The zero-order valence-electron chi connectivity index (χ0n) is 13.4. The zero-order valence-corrected chi connectivity index (χ0v) is 14.3. The van der Waals surface area contributed by atoms with Crippen LogP contribution in [0.1, 0.15) is 17.3 Å². The lowest BCUT2D eigenvalue weighted by Crippen LogP contribution is -2.02. The SMILES string of the molecule is CCOc1ccc(C(=O)CSc2nnc(-c3ccccc3F)o2)cc1. The van der Waals surface area contributed by atoms with Crippen molar-refractivity contribution in [1.29, 1.82) is 0 Å². The van der Waals surface area contributed by atoms with Gasteiger partial charge in [0.25, 0.3) is 11.1 Å². The Hall–Kier alpha value is -2.67. The molecular weight excluding hydrogens is 343 g/mol. The molecule has 5 nitrogen and oxygen atoms in total. The molecule has 0 radical (unpaired) electrons. The van der Waals surface area contributed by atoms with Crippen LogP contribution in [0.2, 0.25) is 0 Å². The number of thioether (sulfide) groups is 1. The van der Waals surface area contributed by atoms with Gasteiger partial charge in [0, 0.05) is 5.56 Å². The normalized spacial score (nSPS) is 10.6. The molecule has 0 aliphatic rings. The summed E-state index contributed by atoms with van der Waals surface area (Å²) in [4.78, 5) is 12.2. The molecule has 0 N–H and O–H groups in total. The van der Waals surface area contributed by atoms with Gasteiger partial charge < -0.3 is 9.15 Å². The Labute approximate surface area is 148 Å². The van der Waals surface area contributed by atoms with Gasteiger partial charge >= 0.3 is 0 Å². The minimum Gasteiger partial charge on any atom is -0.494 e. The number of halogens is 1. The summed E-state index contributed by atoms with van der Waals surface area (Å²) in [6, 6.07) is 13.1. The van der Waals surface area contributed by atoms with Crippen LogP contribution in [0.25, 0.3) is 11.5 Å². The number of hydrogen-bond donors (Lipinski definition) is 0. The first-order chi connectivity index (χ1) is 12.2. The number of aromatic nitrogens is 2. The van der Waals surface area contributed by atoms with Crippen LogP contribution >= 0.6 is 11.8 Å². The van der Waals surface area contributed by atoms with E-state index >= 15 is 0 Å². The summed E-state index contributed by atoms with van der Waals surface area (Å²) < 4.78 is 24.5. The molecule has 0 bridgehead atoms. The molecule has 3 aromatic rings. The molecule has 0 spiro atoms. The van der Waals surface area contributed by atoms with Crippen molar-refractivity contribution in [3.63, 3.8) is 0 Å². The lowest BCUT2D eigenvalue weighted by molar-refractivity contribution is 0.102. The number of carbonyl (C=O) groups is 1. The van der Waals surface area contributed by atoms with E-state index in [4.69, 9.17) is 9.15 Å². The van der Waals surface area contributed by atoms with E-state index in [0.717, 1.165) is 17.5 Å². The molecule has 7 heteroatoms. The maximum atomic E-state index is 13.7. The van der Waals surface area contributed by atoms with E-state index in [1.165, 1.54) is 6.07 Å². The van der Waals surface area contributed by atoms with Gasteiger partial charge in [-0.15, -0.1) is 10.2 Å². The second-order valence-electron chi connectivity index (χ2n) is 5.02. The fraction of sp³-hybridized carbons (Fsp3) is 0.167. The average Bonchev–Trinajstić information content (AvgIpc) is 3.10. The lowest BCUT2D eigenvalue weighted by atomic mass is 10.1. The number of ether oxygens (including phenoxy) is 1. The number of carbonyl (C=O) groups excluding carboxylic acids is 1. The van der Waals surface area contributed by atoms with Gasteiger partial charge in [-0.1, -0.05) is 23.9 Å². The van der Waals surface area contributed by atoms with Crippen LogP contribution in [-0.4, -0.2) is 28.3 Å². The van der Waals surface area contributed by atoms with Gasteiger partial charge in [0.2, 0.25) is 0 Å². The highest BCUT2D eigenvalue weighted by atomic mass is 32.2. The van der Waals surface area contributed by atoms with Crippen molar-refractivity contribution in [2.75, 3.05) is 12.4 Å². The van der Waals surface area contributed by atoms with Crippen LogP contribution in [0.3, 0.4) is 0 Å².